The number of ether oxygens (including phenoxy) is 2. The molecule has 3 fully saturated rings. The van der Waals surface area contributed by atoms with Gasteiger partial charge in [-0.15, -0.1) is 0 Å². The van der Waals surface area contributed by atoms with Gasteiger partial charge in [-0.3, -0.25) is 9.59 Å². The SMILES string of the molecule is COCCN1C[C@H](C(=O)O[C@@H]2CC[C@H]3CCCC[C@@H]3C2)CC1=O. The molecule has 0 radical (unpaired) electrons. The Morgan fingerprint density at radius 1 is 1.17 bits per heavy atom. The van der Waals surface area contributed by atoms with Gasteiger partial charge in [-0.05, 0) is 31.1 Å². The van der Waals surface area contributed by atoms with Crippen molar-refractivity contribution in [3.05, 3.63) is 0 Å². The molecule has 5 heteroatoms. The minimum atomic E-state index is -0.288. The Balaban J connectivity index is 1.47. The molecule has 1 amide bonds. The molecule has 5 nitrogen and oxygen atoms in total. The number of rotatable bonds is 5. The first kappa shape index (κ1) is 16.7. The summed E-state index contributed by atoms with van der Waals surface area (Å²) in [5, 5.41) is 0. The van der Waals surface area contributed by atoms with Crippen molar-refractivity contribution in [1.82, 2.24) is 4.90 Å². The lowest BCUT2D eigenvalue weighted by molar-refractivity contribution is -0.157. The van der Waals surface area contributed by atoms with Crippen LogP contribution in [0.5, 0.6) is 0 Å². The predicted octanol–water partition coefficient (Wildman–Crippen LogP) is 2.38. The Hall–Kier alpha value is -1.10. The van der Waals surface area contributed by atoms with Crippen molar-refractivity contribution < 1.29 is 19.1 Å². The van der Waals surface area contributed by atoms with Gasteiger partial charge in [-0.1, -0.05) is 25.7 Å². The fraction of sp³-hybridized carbons (Fsp3) is 0.889. The molecule has 3 aliphatic rings. The monoisotopic (exact) mass is 323 g/mol. The molecule has 0 spiro atoms. The zero-order valence-corrected chi connectivity index (χ0v) is 14.2. The molecule has 0 N–H and O–H groups in total. The van der Waals surface area contributed by atoms with Crippen LogP contribution in [0.15, 0.2) is 0 Å². The Morgan fingerprint density at radius 3 is 2.74 bits per heavy atom. The fourth-order valence-electron chi connectivity index (χ4n) is 4.55. The molecule has 1 heterocycles. The van der Waals surface area contributed by atoms with Crippen LogP contribution in [0.25, 0.3) is 0 Å². The highest BCUT2D eigenvalue weighted by molar-refractivity contribution is 5.86. The van der Waals surface area contributed by atoms with Gasteiger partial charge >= 0.3 is 5.97 Å². The maximum Gasteiger partial charge on any atom is 0.311 e. The van der Waals surface area contributed by atoms with Crippen molar-refractivity contribution in [2.45, 2.75) is 57.5 Å². The van der Waals surface area contributed by atoms with Crippen molar-refractivity contribution >= 4 is 11.9 Å². The Morgan fingerprint density at radius 2 is 1.96 bits per heavy atom. The van der Waals surface area contributed by atoms with Crippen LogP contribution >= 0.6 is 0 Å². The molecule has 0 aromatic rings. The van der Waals surface area contributed by atoms with E-state index in [2.05, 4.69) is 0 Å². The number of hydrogen-bond acceptors (Lipinski definition) is 4. The van der Waals surface area contributed by atoms with Crippen LogP contribution in [0.3, 0.4) is 0 Å². The normalized spacial score (nSPS) is 34.3. The number of fused-ring (bicyclic) bond motifs is 1. The molecular weight excluding hydrogens is 294 g/mol. The molecular formula is C18H29NO4. The largest absolute Gasteiger partial charge is 0.462 e. The molecule has 4 atom stereocenters. The first-order valence-electron chi connectivity index (χ1n) is 9.14. The summed E-state index contributed by atoms with van der Waals surface area (Å²) < 4.78 is 10.8. The lowest BCUT2D eigenvalue weighted by Gasteiger charge is -2.39. The van der Waals surface area contributed by atoms with Gasteiger partial charge in [0.2, 0.25) is 5.91 Å². The van der Waals surface area contributed by atoms with E-state index >= 15 is 0 Å². The van der Waals surface area contributed by atoms with E-state index in [1.807, 2.05) is 0 Å². The molecule has 0 bridgehead atoms. The molecule has 130 valence electrons. The lowest BCUT2D eigenvalue weighted by Crippen LogP contribution is -2.35. The molecule has 0 aromatic carbocycles. The third-order valence-corrected chi connectivity index (χ3v) is 5.89. The smallest absolute Gasteiger partial charge is 0.311 e. The number of likely N-dealkylation sites (tertiary alicyclic amines) is 1. The van der Waals surface area contributed by atoms with E-state index in [0.717, 1.165) is 24.7 Å². The summed E-state index contributed by atoms with van der Waals surface area (Å²) in [5.74, 6) is 1.19. The second-order valence-electron chi connectivity index (χ2n) is 7.41. The third-order valence-electron chi connectivity index (χ3n) is 5.89. The van der Waals surface area contributed by atoms with Gasteiger partial charge in [0.25, 0.3) is 0 Å². The standard InChI is InChI=1S/C18H29NO4/c1-22-9-8-19-12-15(11-17(19)20)18(21)23-16-7-6-13-4-2-3-5-14(13)10-16/h13-16H,2-12H2,1H3/t13-,14-,15-,16-/m1/s1. The summed E-state index contributed by atoms with van der Waals surface area (Å²) in [5.41, 5.74) is 0. The van der Waals surface area contributed by atoms with E-state index in [-0.39, 0.29) is 23.9 Å². The number of carbonyl (C=O) groups excluding carboxylic acids is 2. The average molecular weight is 323 g/mol. The number of hydrogen-bond donors (Lipinski definition) is 0. The van der Waals surface area contributed by atoms with Crippen molar-refractivity contribution in [3.63, 3.8) is 0 Å². The highest BCUT2D eigenvalue weighted by Gasteiger charge is 2.38. The molecule has 0 aromatic heterocycles. The third kappa shape index (κ3) is 4.06. The van der Waals surface area contributed by atoms with Gasteiger partial charge in [0, 0.05) is 26.6 Å². The van der Waals surface area contributed by atoms with E-state index in [1.54, 1.807) is 12.0 Å². The quantitative estimate of drug-likeness (QED) is 0.729. The van der Waals surface area contributed by atoms with Crippen LogP contribution in [0, 0.1) is 17.8 Å². The molecule has 2 aliphatic carbocycles. The summed E-state index contributed by atoms with van der Waals surface area (Å²) in [6.45, 7) is 1.56. The van der Waals surface area contributed by atoms with Crippen molar-refractivity contribution in [1.29, 1.82) is 0 Å². The van der Waals surface area contributed by atoms with Gasteiger partial charge in [-0.25, -0.2) is 0 Å². The van der Waals surface area contributed by atoms with Crippen LogP contribution in [-0.4, -0.2) is 49.7 Å². The predicted molar refractivity (Wildman–Crippen MR) is 85.7 cm³/mol. The molecule has 1 aliphatic heterocycles. The number of carbonyl (C=O) groups is 2. The summed E-state index contributed by atoms with van der Waals surface area (Å²) in [6.07, 6.45) is 8.95. The van der Waals surface area contributed by atoms with Crippen molar-refractivity contribution in [2.24, 2.45) is 17.8 Å². The Bertz CT molecular complexity index is 439. The molecule has 23 heavy (non-hydrogen) atoms. The minimum Gasteiger partial charge on any atom is -0.462 e. The second kappa shape index (κ2) is 7.65. The highest BCUT2D eigenvalue weighted by Crippen LogP contribution is 2.41. The number of nitrogens with zero attached hydrogens (tertiary/aromatic N) is 1. The van der Waals surface area contributed by atoms with E-state index in [1.165, 1.54) is 32.1 Å². The maximum absolute atomic E-state index is 12.4. The van der Waals surface area contributed by atoms with Gasteiger partial charge in [-0.2, -0.15) is 0 Å². The van der Waals surface area contributed by atoms with Crippen molar-refractivity contribution in [3.8, 4) is 0 Å². The van der Waals surface area contributed by atoms with Crippen molar-refractivity contribution in [2.75, 3.05) is 26.8 Å². The molecule has 0 unspecified atom stereocenters. The van der Waals surface area contributed by atoms with Gasteiger partial charge in [0.1, 0.15) is 6.10 Å². The minimum absolute atomic E-state index is 0.0417. The number of amides is 1. The lowest BCUT2D eigenvalue weighted by atomic mass is 9.70. The van der Waals surface area contributed by atoms with E-state index in [9.17, 15) is 9.59 Å². The molecule has 2 saturated carbocycles. The van der Waals surface area contributed by atoms with Gasteiger partial charge in [0.15, 0.2) is 0 Å². The fourth-order valence-corrected chi connectivity index (χ4v) is 4.55. The first-order chi connectivity index (χ1) is 11.2. The molecule has 3 rings (SSSR count). The Labute approximate surface area is 138 Å². The second-order valence-corrected chi connectivity index (χ2v) is 7.41. The topological polar surface area (TPSA) is 55.8 Å². The summed E-state index contributed by atoms with van der Waals surface area (Å²) in [7, 11) is 1.62. The first-order valence-corrected chi connectivity index (χ1v) is 9.14. The highest BCUT2D eigenvalue weighted by atomic mass is 16.5. The summed E-state index contributed by atoms with van der Waals surface area (Å²) in [4.78, 5) is 26.1. The van der Waals surface area contributed by atoms with Crippen LogP contribution in [0.1, 0.15) is 51.4 Å². The van der Waals surface area contributed by atoms with Gasteiger partial charge < -0.3 is 14.4 Å². The van der Waals surface area contributed by atoms with Crippen LogP contribution in [0.4, 0.5) is 0 Å². The Kier molecular flexibility index (Phi) is 5.57. The van der Waals surface area contributed by atoms with E-state index < -0.39 is 0 Å². The van der Waals surface area contributed by atoms with E-state index in [0.29, 0.717) is 26.1 Å². The number of methoxy groups -OCH3 is 1. The maximum atomic E-state index is 12.4. The van der Waals surface area contributed by atoms with Crippen LogP contribution in [-0.2, 0) is 19.1 Å². The van der Waals surface area contributed by atoms with E-state index in [4.69, 9.17) is 9.47 Å². The van der Waals surface area contributed by atoms with Crippen LogP contribution in [0.2, 0.25) is 0 Å². The summed E-state index contributed by atoms with van der Waals surface area (Å²) in [6, 6.07) is 0. The zero-order chi connectivity index (χ0) is 16.2. The van der Waals surface area contributed by atoms with Gasteiger partial charge in [0.05, 0.1) is 12.5 Å². The average Bonchev–Trinajstić information content (AvgIpc) is 2.94. The summed E-state index contributed by atoms with van der Waals surface area (Å²) >= 11 is 0. The zero-order valence-electron chi connectivity index (χ0n) is 14.2. The molecule has 1 saturated heterocycles. The number of esters is 1. The van der Waals surface area contributed by atoms with Crippen LogP contribution < -0.4 is 0 Å².